The number of hydrogen-bond acceptors (Lipinski definition) is 3. The van der Waals surface area contributed by atoms with Crippen molar-refractivity contribution in [3.8, 4) is 5.75 Å². The molecule has 1 aliphatic carbocycles. The number of carbonyl (C=O) groups excluding carboxylic acids is 1. The van der Waals surface area contributed by atoms with Crippen LogP contribution in [0.2, 0.25) is 0 Å². The van der Waals surface area contributed by atoms with Gasteiger partial charge in [-0.1, -0.05) is 61.7 Å². The van der Waals surface area contributed by atoms with E-state index in [-0.39, 0.29) is 5.91 Å². The zero-order valence-corrected chi connectivity index (χ0v) is 19.0. The molecule has 0 aromatic heterocycles. The highest BCUT2D eigenvalue weighted by Gasteiger charge is 2.37. The lowest BCUT2D eigenvalue weighted by molar-refractivity contribution is -0.132. The van der Waals surface area contributed by atoms with Gasteiger partial charge in [-0.15, -0.1) is 0 Å². The van der Waals surface area contributed by atoms with E-state index in [1.807, 2.05) is 6.07 Å². The Hall–Kier alpha value is -2.33. The predicted molar refractivity (Wildman–Crippen MR) is 125 cm³/mol. The largest absolute Gasteiger partial charge is 0.497 e. The van der Waals surface area contributed by atoms with Crippen molar-refractivity contribution in [3.63, 3.8) is 0 Å². The Morgan fingerprint density at radius 1 is 1.03 bits per heavy atom. The zero-order chi connectivity index (χ0) is 21.6. The van der Waals surface area contributed by atoms with Crippen molar-refractivity contribution in [2.45, 2.75) is 57.5 Å². The summed E-state index contributed by atoms with van der Waals surface area (Å²) >= 11 is 0. The monoisotopic (exact) mass is 420 g/mol. The van der Waals surface area contributed by atoms with Gasteiger partial charge in [0.25, 0.3) is 0 Å². The summed E-state index contributed by atoms with van der Waals surface area (Å²) in [6.07, 6.45) is 6.12. The van der Waals surface area contributed by atoms with Crippen molar-refractivity contribution in [2.24, 2.45) is 5.92 Å². The van der Waals surface area contributed by atoms with Gasteiger partial charge in [0.05, 0.1) is 7.11 Å². The molecule has 2 aromatic rings. The minimum absolute atomic E-state index is 0.234. The molecule has 4 rings (SSSR count). The molecule has 4 heteroatoms. The molecule has 1 amide bonds. The number of methoxy groups -OCH3 is 1. The SMILES string of the molecule is COc1cccc(C2CN(Cc3ccccc3)CC2CN(C(C)=O)C2CCCCC2)c1. The Bertz CT molecular complexity index is 847. The van der Waals surface area contributed by atoms with Crippen LogP contribution in [0.5, 0.6) is 5.75 Å². The van der Waals surface area contributed by atoms with Crippen LogP contribution < -0.4 is 4.74 Å². The van der Waals surface area contributed by atoms with Crippen molar-refractivity contribution in [1.29, 1.82) is 0 Å². The van der Waals surface area contributed by atoms with E-state index in [1.54, 1.807) is 14.0 Å². The first-order valence-electron chi connectivity index (χ1n) is 11.8. The molecule has 2 unspecified atom stereocenters. The van der Waals surface area contributed by atoms with Crippen LogP contribution in [0, 0.1) is 5.92 Å². The Morgan fingerprint density at radius 3 is 2.52 bits per heavy atom. The summed E-state index contributed by atoms with van der Waals surface area (Å²) in [5.41, 5.74) is 2.68. The van der Waals surface area contributed by atoms with Gasteiger partial charge < -0.3 is 9.64 Å². The van der Waals surface area contributed by atoms with E-state index in [4.69, 9.17) is 4.74 Å². The van der Waals surface area contributed by atoms with Crippen LogP contribution in [-0.2, 0) is 11.3 Å². The third-order valence-corrected chi connectivity index (χ3v) is 7.14. The molecule has 0 spiro atoms. The lowest BCUT2D eigenvalue weighted by Gasteiger charge is -2.36. The summed E-state index contributed by atoms with van der Waals surface area (Å²) in [5.74, 6) is 1.98. The van der Waals surface area contributed by atoms with Crippen LogP contribution in [-0.4, -0.2) is 48.5 Å². The zero-order valence-electron chi connectivity index (χ0n) is 19.0. The smallest absolute Gasteiger partial charge is 0.219 e. The molecule has 1 saturated heterocycles. The Labute approximate surface area is 187 Å². The van der Waals surface area contributed by atoms with Gasteiger partial charge in [0.2, 0.25) is 5.91 Å². The third-order valence-electron chi connectivity index (χ3n) is 7.14. The fourth-order valence-corrected chi connectivity index (χ4v) is 5.55. The summed E-state index contributed by atoms with van der Waals surface area (Å²) in [6, 6.07) is 19.6. The van der Waals surface area contributed by atoms with Crippen LogP contribution in [0.1, 0.15) is 56.1 Å². The third kappa shape index (κ3) is 5.48. The van der Waals surface area contributed by atoms with Crippen LogP contribution in [0.3, 0.4) is 0 Å². The lowest BCUT2D eigenvalue weighted by Crippen LogP contribution is -2.44. The van der Waals surface area contributed by atoms with E-state index >= 15 is 0 Å². The quantitative estimate of drug-likeness (QED) is 0.625. The number of benzene rings is 2. The van der Waals surface area contributed by atoms with Crippen LogP contribution >= 0.6 is 0 Å². The molecule has 2 atom stereocenters. The number of likely N-dealkylation sites (tertiary alicyclic amines) is 1. The maximum absolute atomic E-state index is 12.6. The van der Waals surface area contributed by atoms with Gasteiger partial charge in [0, 0.05) is 45.1 Å². The first-order valence-corrected chi connectivity index (χ1v) is 11.8. The number of ether oxygens (including phenoxy) is 1. The van der Waals surface area contributed by atoms with E-state index in [1.165, 1.54) is 30.4 Å². The highest BCUT2D eigenvalue weighted by Crippen LogP contribution is 2.36. The predicted octanol–water partition coefficient (Wildman–Crippen LogP) is 5.09. The van der Waals surface area contributed by atoms with Crippen molar-refractivity contribution in [1.82, 2.24) is 9.80 Å². The molecular formula is C27H36N2O2. The van der Waals surface area contributed by atoms with Crippen molar-refractivity contribution in [3.05, 3.63) is 65.7 Å². The summed E-state index contributed by atoms with van der Waals surface area (Å²) < 4.78 is 5.51. The van der Waals surface area contributed by atoms with E-state index in [9.17, 15) is 4.79 Å². The molecule has 166 valence electrons. The Balaban J connectivity index is 1.55. The second-order valence-electron chi connectivity index (χ2n) is 9.29. The summed E-state index contributed by atoms with van der Waals surface area (Å²) in [5, 5.41) is 0. The molecular weight excluding hydrogens is 384 g/mol. The number of rotatable bonds is 7. The van der Waals surface area contributed by atoms with Crippen LogP contribution in [0.4, 0.5) is 0 Å². The second kappa shape index (κ2) is 10.3. The van der Waals surface area contributed by atoms with Crippen LogP contribution in [0.15, 0.2) is 54.6 Å². The fourth-order valence-electron chi connectivity index (χ4n) is 5.55. The van der Waals surface area contributed by atoms with E-state index in [0.717, 1.165) is 44.8 Å². The van der Waals surface area contributed by atoms with Gasteiger partial charge >= 0.3 is 0 Å². The molecule has 1 aliphatic heterocycles. The summed E-state index contributed by atoms with van der Waals surface area (Å²) in [4.78, 5) is 17.4. The van der Waals surface area contributed by atoms with E-state index in [2.05, 4.69) is 58.3 Å². The molecule has 1 heterocycles. The number of amides is 1. The van der Waals surface area contributed by atoms with Gasteiger partial charge in [-0.2, -0.15) is 0 Å². The summed E-state index contributed by atoms with van der Waals surface area (Å²) in [7, 11) is 1.73. The molecule has 0 bridgehead atoms. The molecule has 31 heavy (non-hydrogen) atoms. The van der Waals surface area contributed by atoms with E-state index in [0.29, 0.717) is 17.9 Å². The number of nitrogens with zero attached hydrogens (tertiary/aromatic N) is 2. The van der Waals surface area contributed by atoms with Crippen molar-refractivity contribution in [2.75, 3.05) is 26.7 Å². The highest BCUT2D eigenvalue weighted by atomic mass is 16.5. The standard InChI is InChI=1S/C27H36N2O2/c1-21(30)29(25-13-7-4-8-14-25)19-24-18-28(17-22-10-5-3-6-11-22)20-27(24)23-12-9-15-26(16-23)31-2/h3,5-6,9-12,15-16,24-25,27H,4,7-8,13-14,17-20H2,1-2H3. The fraction of sp³-hybridized carbons (Fsp3) is 0.519. The molecule has 4 nitrogen and oxygen atoms in total. The molecule has 2 fully saturated rings. The molecule has 0 radical (unpaired) electrons. The Kier molecular flexibility index (Phi) is 7.29. The second-order valence-corrected chi connectivity index (χ2v) is 9.29. The molecule has 1 saturated carbocycles. The minimum atomic E-state index is 0.234. The minimum Gasteiger partial charge on any atom is -0.497 e. The topological polar surface area (TPSA) is 32.8 Å². The summed E-state index contributed by atoms with van der Waals surface area (Å²) in [6.45, 7) is 5.61. The molecule has 2 aliphatic rings. The van der Waals surface area contributed by atoms with Gasteiger partial charge in [-0.25, -0.2) is 0 Å². The van der Waals surface area contributed by atoms with Crippen LogP contribution in [0.25, 0.3) is 0 Å². The van der Waals surface area contributed by atoms with Gasteiger partial charge in [0.15, 0.2) is 0 Å². The maximum Gasteiger partial charge on any atom is 0.219 e. The number of hydrogen-bond donors (Lipinski definition) is 0. The molecule has 2 aromatic carbocycles. The lowest BCUT2D eigenvalue weighted by atomic mass is 9.87. The molecule has 0 N–H and O–H groups in total. The van der Waals surface area contributed by atoms with Gasteiger partial charge in [-0.3, -0.25) is 9.69 Å². The average molecular weight is 421 g/mol. The maximum atomic E-state index is 12.6. The van der Waals surface area contributed by atoms with Gasteiger partial charge in [0.1, 0.15) is 5.75 Å². The number of carbonyl (C=O) groups is 1. The average Bonchev–Trinajstić information content (AvgIpc) is 3.20. The first-order chi connectivity index (χ1) is 15.1. The Morgan fingerprint density at radius 2 is 1.81 bits per heavy atom. The van der Waals surface area contributed by atoms with Gasteiger partial charge in [-0.05, 0) is 42.0 Å². The van der Waals surface area contributed by atoms with E-state index < -0.39 is 0 Å². The first kappa shape index (κ1) is 21.9. The normalized spacial score (nSPS) is 22.4. The van der Waals surface area contributed by atoms with Crippen molar-refractivity contribution >= 4 is 5.91 Å². The highest BCUT2D eigenvalue weighted by molar-refractivity contribution is 5.73. The van der Waals surface area contributed by atoms with Crippen molar-refractivity contribution < 1.29 is 9.53 Å².